The number of rotatable bonds is 5. The fourth-order valence-corrected chi connectivity index (χ4v) is 5.50. The van der Waals surface area contributed by atoms with E-state index in [1.54, 1.807) is 36.4 Å². The van der Waals surface area contributed by atoms with Gasteiger partial charge < -0.3 is 16.0 Å². The summed E-state index contributed by atoms with van der Waals surface area (Å²) in [5.41, 5.74) is 1.10. The van der Waals surface area contributed by atoms with Gasteiger partial charge in [-0.25, -0.2) is 9.18 Å². The summed E-state index contributed by atoms with van der Waals surface area (Å²) in [5, 5.41) is 9.29. The first-order valence-electron chi connectivity index (χ1n) is 9.28. The molecule has 4 saturated carbocycles. The number of hydrogen-bond donors (Lipinski definition) is 3. The van der Waals surface area contributed by atoms with Crippen molar-refractivity contribution in [2.75, 3.05) is 10.6 Å². The van der Waals surface area contributed by atoms with Gasteiger partial charge in [-0.15, -0.1) is 0 Å². The third-order valence-corrected chi connectivity index (χ3v) is 6.96. The lowest BCUT2D eigenvalue weighted by Gasteiger charge is -2.52. The van der Waals surface area contributed by atoms with Crippen LogP contribution in [0.3, 0.4) is 0 Å². The summed E-state index contributed by atoms with van der Waals surface area (Å²) in [6.45, 7) is 1.93. The zero-order valence-corrected chi connectivity index (χ0v) is 15.9. The lowest BCUT2D eigenvalue weighted by Crippen LogP contribution is -2.63. The molecule has 2 bridgehead atoms. The molecule has 0 aromatic heterocycles. The number of anilines is 2. The highest BCUT2D eigenvalue weighted by atomic mass is 35.5. The molecule has 5 nitrogen and oxygen atoms in total. The molecule has 0 aliphatic heterocycles. The van der Waals surface area contributed by atoms with E-state index < -0.39 is 0 Å². The van der Waals surface area contributed by atoms with E-state index in [0.29, 0.717) is 28.2 Å². The Kier molecular flexibility index (Phi) is 3.56. The van der Waals surface area contributed by atoms with Crippen LogP contribution in [0.25, 0.3) is 0 Å². The Morgan fingerprint density at radius 3 is 2.46 bits per heavy atom. The molecule has 7 heteroatoms. The summed E-state index contributed by atoms with van der Waals surface area (Å²) in [7, 11) is 0. The summed E-state index contributed by atoms with van der Waals surface area (Å²) < 4.78 is 13.0. The van der Waals surface area contributed by atoms with Gasteiger partial charge in [0.15, 0.2) is 0 Å². The van der Waals surface area contributed by atoms with Crippen molar-refractivity contribution >= 4 is 34.9 Å². The number of benzene rings is 2. The summed E-state index contributed by atoms with van der Waals surface area (Å²) >= 11 is 5.93. The van der Waals surface area contributed by atoms with Gasteiger partial charge >= 0.3 is 6.03 Å². The van der Waals surface area contributed by atoms with Crippen LogP contribution < -0.4 is 16.0 Å². The molecule has 4 aliphatic carbocycles. The molecule has 4 fully saturated rings. The molecule has 4 aliphatic rings. The summed E-state index contributed by atoms with van der Waals surface area (Å²) in [6.07, 6.45) is 0.816. The van der Waals surface area contributed by atoms with Gasteiger partial charge in [-0.05, 0) is 66.1 Å². The van der Waals surface area contributed by atoms with Gasteiger partial charge in [-0.3, -0.25) is 4.79 Å². The number of hydrogen-bond acceptors (Lipinski definition) is 2. The molecular formula is C21H19ClFN3O2. The summed E-state index contributed by atoms with van der Waals surface area (Å²) in [5.74, 6) is 0.208. The van der Waals surface area contributed by atoms with Gasteiger partial charge in [-0.2, -0.15) is 0 Å². The predicted molar refractivity (Wildman–Crippen MR) is 105 cm³/mol. The Hall–Kier alpha value is -2.60. The lowest BCUT2D eigenvalue weighted by molar-refractivity contribution is -0.127. The van der Waals surface area contributed by atoms with Crippen molar-refractivity contribution in [2.24, 2.45) is 23.2 Å². The van der Waals surface area contributed by atoms with E-state index >= 15 is 0 Å². The highest BCUT2D eigenvalue weighted by Crippen LogP contribution is 2.99. The quantitative estimate of drug-likeness (QED) is 0.702. The maximum atomic E-state index is 13.0. The Morgan fingerprint density at radius 2 is 1.82 bits per heavy atom. The highest BCUT2D eigenvalue weighted by molar-refractivity contribution is 6.30. The van der Waals surface area contributed by atoms with E-state index in [-0.39, 0.29) is 34.6 Å². The van der Waals surface area contributed by atoms with E-state index in [1.165, 1.54) is 12.1 Å². The topological polar surface area (TPSA) is 70.2 Å². The van der Waals surface area contributed by atoms with Crippen molar-refractivity contribution in [3.8, 4) is 0 Å². The van der Waals surface area contributed by atoms with Crippen molar-refractivity contribution in [3.63, 3.8) is 0 Å². The maximum absolute atomic E-state index is 13.0. The van der Waals surface area contributed by atoms with Crippen LogP contribution in [-0.2, 0) is 4.79 Å². The van der Waals surface area contributed by atoms with Gasteiger partial charge in [0.05, 0.1) is 0 Å². The van der Waals surface area contributed by atoms with E-state index in [1.807, 2.05) is 6.92 Å². The van der Waals surface area contributed by atoms with E-state index in [2.05, 4.69) is 16.0 Å². The number of urea groups is 1. The van der Waals surface area contributed by atoms with Crippen LogP contribution in [-0.4, -0.2) is 17.5 Å². The highest BCUT2D eigenvalue weighted by Gasteiger charge is 3.04. The molecule has 3 amide bonds. The van der Waals surface area contributed by atoms with Crippen molar-refractivity contribution in [1.82, 2.24) is 5.32 Å². The van der Waals surface area contributed by atoms with E-state index in [0.717, 1.165) is 6.42 Å². The minimum absolute atomic E-state index is 0.00739. The van der Waals surface area contributed by atoms with Gasteiger partial charge in [-0.1, -0.05) is 24.6 Å². The first-order chi connectivity index (χ1) is 13.4. The molecule has 3 N–H and O–H groups in total. The standard InChI is InChI=1S/C21H19ClFN3O2/c1-11(18(27)24-14-7-5-13(23)6-8-14)20-10-21(16(20)17(20)21)26-19(28)25-15-4-2-3-12(22)9-15/h2-9,11,16-17H,10H2,1H3,(H,24,27)(H2,25,26,28)/t11-,16?,17?,20?,21?/m1/s1. The molecule has 6 rings (SSSR count). The van der Waals surface area contributed by atoms with Gasteiger partial charge in [0, 0.05) is 27.9 Å². The predicted octanol–water partition coefficient (Wildman–Crippen LogP) is 4.26. The van der Waals surface area contributed by atoms with Crippen LogP contribution in [0.1, 0.15) is 13.3 Å². The van der Waals surface area contributed by atoms with Crippen LogP contribution in [0.4, 0.5) is 20.6 Å². The molecule has 2 aromatic carbocycles. The van der Waals surface area contributed by atoms with Gasteiger partial charge in [0.2, 0.25) is 5.91 Å². The molecule has 3 atom stereocenters. The minimum Gasteiger partial charge on any atom is -0.332 e. The second-order valence-corrected chi connectivity index (χ2v) is 8.53. The second-order valence-electron chi connectivity index (χ2n) is 8.09. The average molecular weight is 400 g/mol. The molecular weight excluding hydrogens is 381 g/mol. The number of carbonyl (C=O) groups excluding carboxylic acids is 2. The summed E-state index contributed by atoms with van der Waals surface area (Å²) in [4.78, 5) is 24.8. The van der Waals surface area contributed by atoms with Gasteiger partial charge in [0.1, 0.15) is 5.82 Å². The molecule has 0 radical (unpaired) electrons. The maximum Gasteiger partial charge on any atom is 0.319 e. The Bertz CT molecular complexity index is 983. The molecule has 2 aromatic rings. The van der Waals surface area contributed by atoms with Crippen LogP contribution in [0.5, 0.6) is 0 Å². The van der Waals surface area contributed by atoms with Crippen molar-refractivity contribution in [2.45, 2.75) is 18.9 Å². The Labute approximate surface area is 166 Å². The van der Waals surface area contributed by atoms with Crippen molar-refractivity contribution < 1.29 is 14.0 Å². The number of nitrogens with one attached hydrogen (secondary N) is 3. The lowest BCUT2D eigenvalue weighted by atomic mass is 9.57. The Morgan fingerprint density at radius 1 is 1.11 bits per heavy atom. The first-order valence-corrected chi connectivity index (χ1v) is 9.66. The molecule has 144 valence electrons. The normalized spacial score (nSPS) is 31.7. The zero-order chi connectivity index (χ0) is 19.7. The number of amides is 3. The number of halogens is 2. The largest absolute Gasteiger partial charge is 0.332 e. The smallest absolute Gasteiger partial charge is 0.319 e. The monoisotopic (exact) mass is 399 g/mol. The molecule has 28 heavy (non-hydrogen) atoms. The van der Waals surface area contributed by atoms with Crippen LogP contribution in [0.2, 0.25) is 5.02 Å². The molecule has 0 saturated heterocycles. The fourth-order valence-electron chi connectivity index (χ4n) is 5.31. The first kappa shape index (κ1) is 17.5. The van der Waals surface area contributed by atoms with Crippen molar-refractivity contribution in [3.05, 3.63) is 59.4 Å². The van der Waals surface area contributed by atoms with E-state index in [9.17, 15) is 14.0 Å². The fraction of sp³-hybridized carbons (Fsp3) is 0.333. The van der Waals surface area contributed by atoms with Crippen LogP contribution in [0, 0.1) is 29.0 Å². The van der Waals surface area contributed by atoms with Crippen molar-refractivity contribution in [1.29, 1.82) is 0 Å². The molecule has 0 heterocycles. The SMILES string of the molecule is C[C@H](C(=O)Nc1ccc(F)cc1)C12CC3(NC(=O)Nc4cccc(Cl)c4)C1C32. The molecule has 0 spiro atoms. The third kappa shape index (κ3) is 2.37. The van der Waals surface area contributed by atoms with Crippen LogP contribution in [0.15, 0.2) is 48.5 Å². The third-order valence-electron chi connectivity index (χ3n) is 6.72. The van der Waals surface area contributed by atoms with E-state index in [4.69, 9.17) is 11.6 Å². The second kappa shape index (κ2) is 5.70. The number of carbonyl (C=O) groups is 2. The summed E-state index contributed by atoms with van der Waals surface area (Å²) in [6, 6.07) is 12.5. The average Bonchev–Trinajstić information content (AvgIpc) is 3.45. The minimum atomic E-state index is -0.334. The Balaban J connectivity index is 1.15. The zero-order valence-electron chi connectivity index (χ0n) is 15.1. The molecule has 2 unspecified atom stereocenters. The van der Waals surface area contributed by atoms with Gasteiger partial charge in [0.25, 0.3) is 0 Å². The van der Waals surface area contributed by atoms with Crippen LogP contribution >= 0.6 is 11.6 Å².